The molecule has 20 heavy (non-hydrogen) atoms. The van der Waals surface area contributed by atoms with E-state index in [-0.39, 0.29) is 17.2 Å². The van der Waals surface area contributed by atoms with Crippen molar-refractivity contribution >= 4 is 11.6 Å². The zero-order chi connectivity index (χ0) is 14.7. The first kappa shape index (κ1) is 14.1. The molecule has 0 aliphatic rings. The van der Waals surface area contributed by atoms with Crippen LogP contribution in [0.3, 0.4) is 0 Å². The van der Waals surface area contributed by atoms with Crippen molar-refractivity contribution in [1.29, 1.82) is 0 Å². The molecule has 2 rings (SSSR count). The van der Waals surface area contributed by atoms with Gasteiger partial charge in [-0.05, 0) is 42.2 Å². The highest BCUT2D eigenvalue weighted by atomic mass is 16.3. The van der Waals surface area contributed by atoms with Gasteiger partial charge in [-0.25, -0.2) is 0 Å². The Balaban J connectivity index is 2.28. The van der Waals surface area contributed by atoms with Crippen LogP contribution in [-0.4, -0.2) is 11.0 Å². The summed E-state index contributed by atoms with van der Waals surface area (Å²) in [5.74, 6) is 0.0890. The van der Waals surface area contributed by atoms with Crippen LogP contribution in [0.2, 0.25) is 0 Å². The highest BCUT2D eigenvalue weighted by molar-refractivity contribution is 6.06. The van der Waals surface area contributed by atoms with Gasteiger partial charge in [0, 0.05) is 5.69 Å². The van der Waals surface area contributed by atoms with Crippen LogP contribution in [0.1, 0.15) is 41.3 Å². The van der Waals surface area contributed by atoms with E-state index in [9.17, 15) is 9.90 Å². The molecule has 0 heterocycles. The molecule has 104 valence electrons. The van der Waals surface area contributed by atoms with Crippen LogP contribution in [0.4, 0.5) is 5.69 Å². The minimum Gasteiger partial charge on any atom is -0.507 e. The first-order valence-corrected chi connectivity index (χ1v) is 6.69. The summed E-state index contributed by atoms with van der Waals surface area (Å²) in [4.78, 5) is 12.2. The first-order valence-electron chi connectivity index (χ1n) is 6.69. The quantitative estimate of drug-likeness (QED) is 0.882. The third-order valence-corrected chi connectivity index (χ3v) is 3.33. The number of amides is 1. The van der Waals surface area contributed by atoms with Crippen molar-refractivity contribution in [3.63, 3.8) is 0 Å². The molecule has 0 atom stereocenters. The monoisotopic (exact) mass is 269 g/mol. The standard InChI is InChI=1S/C17H19NO2/c1-11(2)13-9-8-12(3)15(10-13)18-17(20)14-6-4-5-7-16(14)19/h4-11,19H,1-3H3,(H,18,20). The van der Waals surface area contributed by atoms with E-state index in [1.807, 2.05) is 19.1 Å². The SMILES string of the molecule is Cc1ccc(C(C)C)cc1NC(=O)c1ccccc1O. The Morgan fingerprint density at radius 1 is 1.15 bits per heavy atom. The number of rotatable bonds is 3. The second kappa shape index (κ2) is 5.78. The molecule has 0 saturated carbocycles. The highest BCUT2D eigenvalue weighted by Crippen LogP contribution is 2.24. The molecule has 0 aliphatic heterocycles. The van der Waals surface area contributed by atoms with E-state index >= 15 is 0 Å². The van der Waals surface area contributed by atoms with Gasteiger partial charge >= 0.3 is 0 Å². The molecule has 2 aromatic rings. The maximum absolute atomic E-state index is 12.2. The summed E-state index contributed by atoms with van der Waals surface area (Å²) < 4.78 is 0. The maximum atomic E-state index is 12.2. The smallest absolute Gasteiger partial charge is 0.259 e. The molecule has 0 saturated heterocycles. The average Bonchev–Trinajstić information content (AvgIpc) is 2.41. The lowest BCUT2D eigenvalue weighted by molar-refractivity contribution is 0.102. The summed E-state index contributed by atoms with van der Waals surface area (Å²) in [5.41, 5.74) is 3.23. The second-order valence-corrected chi connectivity index (χ2v) is 5.20. The topological polar surface area (TPSA) is 49.3 Å². The molecule has 1 amide bonds. The summed E-state index contributed by atoms with van der Waals surface area (Å²) in [6.07, 6.45) is 0. The summed E-state index contributed by atoms with van der Waals surface area (Å²) in [6, 6.07) is 12.6. The fourth-order valence-corrected chi connectivity index (χ4v) is 1.99. The van der Waals surface area contributed by atoms with E-state index < -0.39 is 0 Å². The molecule has 3 heteroatoms. The molecule has 2 N–H and O–H groups in total. The summed E-state index contributed by atoms with van der Waals surface area (Å²) >= 11 is 0. The molecule has 0 unspecified atom stereocenters. The number of benzene rings is 2. The highest BCUT2D eigenvalue weighted by Gasteiger charge is 2.12. The van der Waals surface area contributed by atoms with E-state index in [0.29, 0.717) is 5.92 Å². The molecule has 0 aromatic heterocycles. The number of hydrogen-bond donors (Lipinski definition) is 2. The lowest BCUT2D eigenvalue weighted by Gasteiger charge is -2.13. The largest absolute Gasteiger partial charge is 0.507 e. The average molecular weight is 269 g/mol. The van der Waals surface area contributed by atoms with Crippen molar-refractivity contribution in [1.82, 2.24) is 0 Å². The number of para-hydroxylation sites is 1. The number of hydrogen-bond acceptors (Lipinski definition) is 2. The van der Waals surface area contributed by atoms with Gasteiger partial charge in [0.05, 0.1) is 5.56 Å². The lowest BCUT2D eigenvalue weighted by Crippen LogP contribution is -2.13. The zero-order valence-electron chi connectivity index (χ0n) is 12.0. The van der Waals surface area contributed by atoms with Crippen LogP contribution in [0.15, 0.2) is 42.5 Å². The van der Waals surface area contributed by atoms with Gasteiger partial charge in [-0.15, -0.1) is 0 Å². The van der Waals surface area contributed by atoms with Crippen LogP contribution in [0.5, 0.6) is 5.75 Å². The fourth-order valence-electron chi connectivity index (χ4n) is 1.99. The third-order valence-electron chi connectivity index (χ3n) is 3.33. The molecular weight excluding hydrogens is 250 g/mol. The van der Waals surface area contributed by atoms with E-state index in [0.717, 1.165) is 11.3 Å². The molecular formula is C17H19NO2. The van der Waals surface area contributed by atoms with Crippen molar-refractivity contribution in [2.45, 2.75) is 26.7 Å². The van der Waals surface area contributed by atoms with E-state index in [2.05, 4.69) is 25.2 Å². The minimum absolute atomic E-state index is 0.0114. The number of phenolic OH excluding ortho intramolecular Hbond substituents is 1. The Bertz CT molecular complexity index is 633. The predicted octanol–water partition coefficient (Wildman–Crippen LogP) is 4.08. The van der Waals surface area contributed by atoms with Gasteiger partial charge in [0.15, 0.2) is 0 Å². The van der Waals surface area contributed by atoms with E-state index in [1.165, 1.54) is 11.6 Å². The predicted molar refractivity (Wildman–Crippen MR) is 81.3 cm³/mol. The Kier molecular flexibility index (Phi) is 4.08. The van der Waals surface area contributed by atoms with Gasteiger partial charge in [0.1, 0.15) is 5.75 Å². The van der Waals surface area contributed by atoms with Crippen LogP contribution in [-0.2, 0) is 0 Å². The van der Waals surface area contributed by atoms with Crippen molar-refractivity contribution < 1.29 is 9.90 Å². The normalized spacial score (nSPS) is 10.6. The van der Waals surface area contributed by atoms with Crippen LogP contribution in [0, 0.1) is 6.92 Å². The van der Waals surface area contributed by atoms with Crippen molar-refractivity contribution in [3.8, 4) is 5.75 Å². The molecule has 0 fully saturated rings. The number of carbonyl (C=O) groups excluding carboxylic acids is 1. The summed E-state index contributed by atoms with van der Waals surface area (Å²) in [5, 5.41) is 12.6. The van der Waals surface area contributed by atoms with Gasteiger partial charge in [-0.2, -0.15) is 0 Å². The molecule has 2 aromatic carbocycles. The number of nitrogens with one attached hydrogen (secondary N) is 1. The zero-order valence-corrected chi connectivity index (χ0v) is 12.0. The van der Waals surface area contributed by atoms with Crippen LogP contribution in [0.25, 0.3) is 0 Å². The Morgan fingerprint density at radius 2 is 1.85 bits per heavy atom. The molecule has 0 aliphatic carbocycles. The summed E-state index contributed by atoms with van der Waals surface area (Å²) in [6.45, 7) is 6.17. The third kappa shape index (κ3) is 2.99. The minimum atomic E-state index is -0.299. The second-order valence-electron chi connectivity index (χ2n) is 5.20. The van der Waals surface area contributed by atoms with Crippen LogP contribution < -0.4 is 5.32 Å². The van der Waals surface area contributed by atoms with Crippen LogP contribution >= 0.6 is 0 Å². The van der Waals surface area contributed by atoms with Gasteiger partial charge in [-0.3, -0.25) is 4.79 Å². The summed E-state index contributed by atoms with van der Waals surface area (Å²) in [7, 11) is 0. The Morgan fingerprint density at radius 3 is 2.50 bits per heavy atom. The lowest BCUT2D eigenvalue weighted by atomic mass is 10.0. The number of phenols is 1. The van der Waals surface area contributed by atoms with E-state index in [4.69, 9.17) is 0 Å². The first-order chi connectivity index (χ1) is 9.49. The molecule has 3 nitrogen and oxygen atoms in total. The van der Waals surface area contributed by atoms with Gasteiger partial charge in [-0.1, -0.05) is 38.1 Å². The number of aromatic hydroxyl groups is 1. The van der Waals surface area contributed by atoms with E-state index in [1.54, 1.807) is 18.2 Å². The molecule has 0 bridgehead atoms. The van der Waals surface area contributed by atoms with Crippen molar-refractivity contribution in [2.24, 2.45) is 0 Å². The van der Waals surface area contributed by atoms with Crippen molar-refractivity contribution in [2.75, 3.05) is 5.32 Å². The Hall–Kier alpha value is -2.29. The number of carbonyl (C=O) groups is 1. The van der Waals surface area contributed by atoms with Gasteiger partial charge in [0.25, 0.3) is 5.91 Å². The van der Waals surface area contributed by atoms with Gasteiger partial charge in [0.2, 0.25) is 0 Å². The molecule has 0 radical (unpaired) electrons. The molecule has 0 spiro atoms. The Labute approximate surface area is 119 Å². The number of aryl methyl sites for hydroxylation is 1. The number of anilines is 1. The van der Waals surface area contributed by atoms with Gasteiger partial charge < -0.3 is 10.4 Å². The maximum Gasteiger partial charge on any atom is 0.259 e. The fraction of sp³-hybridized carbons (Fsp3) is 0.235. The van der Waals surface area contributed by atoms with Crippen molar-refractivity contribution in [3.05, 3.63) is 59.2 Å².